The second-order valence-corrected chi connectivity index (χ2v) is 12.4. The van der Waals surface area contributed by atoms with Gasteiger partial charge in [-0.1, -0.05) is 24.3 Å². The molecule has 3 aliphatic heterocycles. The summed E-state index contributed by atoms with van der Waals surface area (Å²) in [5.41, 5.74) is 4.61. The highest BCUT2D eigenvalue weighted by molar-refractivity contribution is 6.25. The number of likely N-dealkylation sites (tertiary alicyclic amines) is 1. The Morgan fingerprint density at radius 3 is 2.49 bits per heavy atom. The van der Waals surface area contributed by atoms with Gasteiger partial charge in [0.1, 0.15) is 0 Å². The Balaban J connectivity index is 1.10. The van der Waals surface area contributed by atoms with Crippen LogP contribution in [0.25, 0.3) is 10.8 Å². The Labute approximate surface area is 229 Å². The number of benzene rings is 3. The maximum Gasteiger partial charge on any atom is 0.258 e. The third-order valence-electron chi connectivity index (χ3n) is 9.62. The first-order chi connectivity index (χ1) is 18.7. The van der Waals surface area contributed by atoms with Gasteiger partial charge in [-0.05, 0) is 80.3 Å². The van der Waals surface area contributed by atoms with Gasteiger partial charge in [-0.15, -0.1) is 0 Å². The van der Waals surface area contributed by atoms with Crippen molar-refractivity contribution in [1.29, 1.82) is 0 Å². The van der Waals surface area contributed by atoms with Crippen molar-refractivity contribution in [3.05, 3.63) is 70.8 Å². The van der Waals surface area contributed by atoms with Gasteiger partial charge in [-0.3, -0.25) is 14.5 Å². The summed E-state index contributed by atoms with van der Waals surface area (Å²) in [6.45, 7) is 7.71. The second kappa shape index (κ2) is 8.54. The van der Waals surface area contributed by atoms with Crippen molar-refractivity contribution in [3.8, 4) is 0 Å². The Morgan fingerprint density at radius 1 is 1.03 bits per heavy atom. The average Bonchev–Trinajstić information content (AvgIpc) is 3.62. The molecule has 202 valence electrons. The van der Waals surface area contributed by atoms with Crippen LogP contribution in [0.4, 0.5) is 11.4 Å². The van der Waals surface area contributed by atoms with Crippen molar-refractivity contribution >= 4 is 34.0 Å². The van der Waals surface area contributed by atoms with Crippen LogP contribution in [0.15, 0.2) is 48.5 Å². The average molecular weight is 525 g/mol. The Morgan fingerprint density at radius 2 is 1.77 bits per heavy atom. The normalized spacial score (nSPS) is 21.8. The number of anilines is 2. The van der Waals surface area contributed by atoms with Crippen molar-refractivity contribution in [1.82, 2.24) is 10.2 Å². The van der Waals surface area contributed by atoms with E-state index >= 15 is 0 Å². The molecule has 3 heterocycles. The molecule has 3 aromatic carbocycles. The topological polar surface area (TPSA) is 76.1 Å². The van der Waals surface area contributed by atoms with Crippen LogP contribution in [0.2, 0.25) is 0 Å². The van der Waals surface area contributed by atoms with Gasteiger partial charge in [0.25, 0.3) is 11.8 Å². The number of piperidine rings is 1. The van der Waals surface area contributed by atoms with Crippen LogP contribution in [0.1, 0.15) is 64.4 Å². The Kier molecular flexibility index (Phi) is 5.39. The van der Waals surface area contributed by atoms with Crippen molar-refractivity contribution in [3.63, 3.8) is 0 Å². The van der Waals surface area contributed by atoms with Crippen molar-refractivity contribution < 1.29 is 14.7 Å². The molecule has 3 fully saturated rings. The molecular weight excluding hydrogens is 488 g/mol. The standard InChI is InChI=1S/C32H36N4O3/c1-20-7-8-21(36-18-22(19-36)35-15-13-31(2,39)14-16-35)17-25(20)29(37)33-32(11-12-32)26-9-10-27-28-23(26)5-4-6-24(28)30(38)34(27)3/h4-10,17,22,39H,11-16,18-19H2,1-3H3,(H,33,37). The van der Waals surface area contributed by atoms with Gasteiger partial charge in [0.05, 0.1) is 16.8 Å². The number of carbonyl (C=O) groups excluding carboxylic acids is 2. The molecule has 7 nitrogen and oxygen atoms in total. The van der Waals surface area contributed by atoms with Crippen LogP contribution < -0.4 is 15.1 Å². The fourth-order valence-electron chi connectivity index (χ4n) is 6.74. The predicted molar refractivity (Wildman–Crippen MR) is 154 cm³/mol. The van der Waals surface area contributed by atoms with E-state index in [1.54, 1.807) is 4.90 Å². The summed E-state index contributed by atoms with van der Waals surface area (Å²) in [7, 11) is 1.82. The molecule has 0 spiro atoms. The molecule has 0 bridgehead atoms. The lowest BCUT2D eigenvalue weighted by molar-refractivity contribution is -0.0197. The highest BCUT2D eigenvalue weighted by Crippen LogP contribution is 2.50. The van der Waals surface area contributed by atoms with Gasteiger partial charge < -0.3 is 20.2 Å². The zero-order chi connectivity index (χ0) is 27.1. The second-order valence-electron chi connectivity index (χ2n) is 12.4. The van der Waals surface area contributed by atoms with Crippen molar-refractivity contribution in [2.75, 3.05) is 43.0 Å². The maximum atomic E-state index is 13.7. The number of hydrogen-bond acceptors (Lipinski definition) is 5. The summed E-state index contributed by atoms with van der Waals surface area (Å²) in [6, 6.07) is 16.7. The third kappa shape index (κ3) is 3.94. The molecule has 0 radical (unpaired) electrons. The Bertz CT molecular complexity index is 1510. The number of amides is 2. The summed E-state index contributed by atoms with van der Waals surface area (Å²) in [5.74, 6) is -0.0203. The van der Waals surface area contributed by atoms with E-state index < -0.39 is 11.1 Å². The number of aliphatic hydroxyl groups is 1. The molecule has 2 saturated heterocycles. The van der Waals surface area contributed by atoms with Gasteiger partial charge in [0.2, 0.25) is 0 Å². The van der Waals surface area contributed by atoms with Gasteiger partial charge in [0, 0.05) is 61.5 Å². The number of nitrogens with one attached hydrogen (secondary N) is 1. The molecule has 39 heavy (non-hydrogen) atoms. The first-order valence-electron chi connectivity index (χ1n) is 14.1. The number of carbonyl (C=O) groups is 2. The Hall–Kier alpha value is -3.42. The lowest BCUT2D eigenvalue weighted by Crippen LogP contribution is -2.62. The molecule has 0 unspecified atom stereocenters. The van der Waals surface area contributed by atoms with E-state index in [-0.39, 0.29) is 11.8 Å². The van der Waals surface area contributed by atoms with Gasteiger partial charge in [-0.2, -0.15) is 0 Å². The molecule has 2 amide bonds. The van der Waals surface area contributed by atoms with E-state index in [1.165, 1.54) is 0 Å². The zero-order valence-corrected chi connectivity index (χ0v) is 23.0. The van der Waals surface area contributed by atoms with Gasteiger partial charge >= 0.3 is 0 Å². The fourth-order valence-corrected chi connectivity index (χ4v) is 6.74. The minimum absolute atomic E-state index is 0.0227. The lowest BCUT2D eigenvalue weighted by atomic mass is 9.91. The van der Waals surface area contributed by atoms with Crippen LogP contribution in [0.3, 0.4) is 0 Å². The lowest BCUT2D eigenvalue weighted by Gasteiger charge is -2.49. The van der Waals surface area contributed by atoms with E-state index in [9.17, 15) is 14.7 Å². The minimum atomic E-state index is -0.529. The highest BCUT2D eigenvalue weighted by atomic mass is 16.3. The zero-order valence-electron chi connectivity index (χ0n) is 23.0. The molecule has 4 aliphatic rings. The van der Waals surface area contributed by atoms with Crippen LogP contribution in [0.5, 0.6) is 0 Å². The molecule has 0 aromatic heterocycles. The number of rotatable bonds is 5. The van der Waals surface area contributed by atoms with E-state index in [1.807, 2.05) is 45.2 Å². The number of nitrogens with zero attached hydrogens (tertiary/aromatic N) is 3. The van der Waals surface area contributed by atoms with E-state index in [0.717, 1.165) is 96.3 Å². The molecule has 1 aliphatic carbocycles. The highest BCUT2D eigenvalue weighted by Gasteiger charge is 2.47. The number of aryl methyl sites for hydroxylation is 1. The van der Waals surface area contributed by atoms with E-state index in [4.69, 9.17) is 0 Å². The first-order valence-corrected chi connectivity index (χ1v) is 14.1. The number of hydrogen-bond donors (Lipinski definition) is 2. The van der Waals surface area contributed by atoms with Crippen LogP contribution >= 0.6 is 0 Å². The summed E-state index contributed by atoms with van der Waals surface area (Å²) in [5, 5.41) is 15.7. The van der Waals surface area contributed by atoms with E-state index in [2.05, 4.69) is 39.4 Å². The molecule has 7 heteroatoms. The molecule has 7 rings (SSSR count). The smallest absolute Gasteiger partial charge is 0.258 e. The molecular formula is C32H36N4O3. The maximum absolute atomic E-state index is 13.7. The molecule has 3 aromatic rings. The summed E-state index contributed by atoms with van der Waals surface area (Å²) < 4.78 is 0. The molecule has 0 atom stereocenters. The van der Waals surface area contributed by atoms with Crippen LogP contribution in [-0.2, 0) is 5.54 Å². The largest absolute Gasteiger partial charge is 0.390 e. The minimum Gasteiger partial charge on any atom is -0.390 e. The van der Waals surface area contributed by atoms with Gasteiger partial charge in [0.15, 0.2) is 0 Å². The first kappa shape index (κ1) is 24.6. The SMILES string of the molecule is Cc1ccc(N2CC(N3CCC(C)(O)CC3)C2)cc1C(=O)NC1(c2ccc3c4c(cccc24)C(=O)N3C)CC1. The summed E-state index contributed by atoms with van der Waals surface area (Å²) in [4.78, 5) is 33.0. The monoisotopic (exact) mass is 524 g/mol. The van der Waals surface area contributed by atoms with Crippen LogP contribution in [0, 0.1) is 6.92 Å². The predicted octanol–water partition coefficient (Wildman–Crippen LogP) is 4.19. The molecule has 1 saturated carbocycles. The van der Waals surface area contributed by atoms with E-state index in [0.29, 0.717) is 6.04 Å². The summed E-state index contributed by atoms with van der Waals surface area (Å²) >= 11 is 0. The quantitative estimate of drug-likeness (QED) is 0.524. The van der Waals surface area contributed by atoms with Crippen LogP contribution in [-0.4, -0.2) is 66.7 Å². The third-order valence-corrected chi connectivity index (χ3v) is 9.62. The fraction of sp³-hybridized carbons (Fsp3) is 0.438. The molecule has 2 N–H and O–H groups in total. The van der Waals surface area contributed by atoms with Gasteiger partial charge in [-0.25, -0.2) is 0 Å². The summed E-state index contributed by atoms with van der Waals surface area (Å²) in [6.07, 6.45) is 3.42. The van der Waals surface area contributed by atoms with Crippen molar-refractivity contribution in [2.45, 2.75) is 56.7 Å². The van der Waals surface area contributed by atoms with Crippen molar-refractivity contribution in [2.24, 2.45) is 0 Å².